The molecule has 1 aliphatic rings. The van der Waals surface area contributed by atoms with E-state index >= 15 is 0 Å². The monoisotopic (exact) mass is 388 g/mol. The summed E-state index contributed by atoms with van der Waals surface area (Å²) in [5.41, 5.74) is 2.58. The minimum Gasteiger partial charge on any atom is -0.338 e. The Balaban J connectivity index is 1.50. The fourth-order valence-corrected chi connectivity index (χ4v) is 3.67. The van der Waals surface area contributed by atoms with Gasteiger partial charge in [-0.1, -0.05) is 42.5 Å². The predicted octanol–water partition coefficient (Wildman–Crippen LogP) is 3.06. The summed E-state index contributed by atoms with van der Waals surface area (Å²) >= 11 is 0. The number of aryl methyl sites for hydroxylation is 1. The minimum absolute atomic E-state index is 0.161. The first kappa shape index (κ1) is 18.9. The number of carbonyl (C=O) groups excluding carboxylic acids is 2. The molecule has 0 saturated carbocycles. The maximum atomic E-state index is 12.9. The van der Waals surface area contributed by atoms with Gasteiger partial charge in [0.2, 0.25) is 5.91 Å². The van der Waals surface area contributed by atoms with Gasteiger partial charge in [0, 0.05) is 44.5 Å². The average Bonchev–Trinajstić information content (AvgIpc) is 3.35. The van der Waals surface area contributed by atoms with Crippen molar-refractivity contribution < 1.29 is 9.59 Å². The van der Waals surface area contributed by atoms with Crippen LogP contribution in [-0.4, -0.2) is 32.8 Å². The fraction of sp³-hybridized carbons (Fsp3) is 0.261. The van der Waals surface area contributed by atoms with E-state index in [2.05, 4.69) is 10.3 Å². The Kier molecular flexibility index (Phi) is 5.42. The van der Waals surface area contributed by atoms with Crippen LogP contribution in [0.2, 0.25) is 0 Å². The van der Waals surface area contributed by atoms with E-state index in [9.17, 15) is 9.59 Å². The first-order valence-corrected chi connectivity index (χ1v) is 9.81. The average molecular weight is 388 g/mol. The summed E-state index contributed by atoms with van der Waals surface area (Å²) in [6, 6.07) is 16.9. The van der Waals surface area contributed by atoms with Crippen molar-refractivity contribution in [2.75, 3.05) is 6.54 Å². The van der Waals surface area contributed by atoms with Crippen molar-refractivity contribution in [2.24, 2.45) is 7.05 Å². The SMILES string of the molecule is Cn1ccnc1[C@@H](NC(=O)c1ccc(CN2CCCC2=O)cc1)c1ccccc1. The molecule has 1 N–H and O–H groups in total. The van der Waals surface area contributed by atoms with Crippen LogP contribution in [0.5, 0.6) is 0 Å². The quantitative estimate of drug-likeness (QED) is 0.706. The number of nitrogens with zero attached hydrogens (tertiary/aromatic N) is 3. The topological polar surface area (TPSA) is 67.2 Å². The molecule has 3 aromatic rings. The van der Waals surface area contributed by atoms with Crippen LogP contribution >= 0.6 is 0 Å². The number of hydrogen-bond donors (Lipinski definition) is 1. The van der Waals surface area contributed by atoms with Gasteiger partial charge in [-0.15, -0.1) is 0 Å². The molecule has 148 valence electrons. The van der Waals surface area contributed by atoms with Gasteiger partial charge in [0.1, 0.15) is 11.9 Å². The van der Waals surface area contributed by atoms with Crippen LogP contribution in [-0.2, 0) is 18.4 Å². The van der Waals surface area contributed by atoms with Gasteiger partial charge in [-0.25, -0.2) is 4.98 Å². The summed E-state index contributed by atoms with van der Waals surface area (Å²) in [6.45, 7) is 1.41. The Morgan fingerprint density at radius 2 is 1.90 bits per heavy atom. The van der Waals surface area contributed by atoms with E-state index in [0.717, 1.165) is 29.9 Å². The third-order valence-corrected chi connectivity index (χ3v) is 5.29. The van der Waals surface area contributed by atoms with Crippen molar-refractivity contribution in [1.29, 1.82) is 0 Å². The van der Waals surface area contributed by atoms with Crippen LogP contribution in [0.1, 0.15) is 46.2 Å². The highest BCUT2D eigenvalue weighted by atomic mass is 16.2. The summed E-state index contributed by atoms with van der Waals surface area (Å²) in [4.78, 5) is 31.0. The van der Waals surface area contributed by atoms with E-state index in [0.29, 0.717) is 18.5 Å². The Bertz CT molecular complexity index is 995. The summed E-state index contributed by atoms with van der Waals surface area (Å²) in [6.07, 6.45) is 5.15. The zero-order chi connectivity index (χ0) is 20.2. The van der Waals surface area contributed by atoms with Gasteiger partial charge in [0.05, 0.1) is 0 Å². The van der Waals surface area contributed by atoms with E-state index < -0.39 is 0 Å². The third-order valence-electron chi connectivity index (χ3n) is 5.29. The number of carbonyl (C=O) groups is 2. The van der Waals surface area contributed by atoms with Gasteiger partial charge in [-0.3, -0.25) is 9.59 Å². The van der Waals surface area contributed by atoms with Crippen molar-refractivity contribution in [3.05, 3.63) is 89.5 Å². The van der Waals surface area contributed by atoms with E-state index in [1.54, 1.807) is 6.20 Å². The van der Waals surface area contributed by atoms with Crippen molar-refractivity contribution in [1.82, 2.24) is 19.8 Å². The lowest BCUT2D eigenvalue weighted by atomic mass is 10.0. The zero-order valence-corrected chi connectivity index (χ0v) is 16.4. The first-order valence-electron chi connectivity index (χ1n) is 9.81. The van der Waals surface area contributed by atoms with E-state index in [4.69, 9.17) is 0 Å². The Morgan fingerprint density at radius 3 is 2.52 bits per heavy atom. The molecule has 2 heterocycles. The highest BCUT2D eigenvalue weighted by Crippen LogP contribution is 2.21. The lowest BCUT2D eigenvalue weighted by Crippen LogP contribution is -2.31. The number of benzene rings is 2. The second kappa shape index (κ2) is 8.31. The van der Waals surface area contributed by atoms with Crippen molar-refractivity contribution in [3.63, 3.8) is 0 Å². The van der Waals surface area contributed by atoms with Crippen LogP contribution in [0.4, 0.5) is 0 Å². The maximum absolute atomic E-state index is 12.9. The Morgan fingerprint density at radius 1 is 1.14 bits per heavy atom. The van der Waals surface area contributed by atoms with Gasteiger partial charge in [-0.2, -0.15) is 0 Å². The molecule has 0 spiro atoms. The molecule has 6 nitrogen and oxygen atoms in total. The molecule has 1 saturated heterocycles. The van der Waals surface area contributed by atoms with Crippen molar-refractivity contribution >= 4 is 11.8 Å². The molecule has 1 fully saturated rings. The molecule has 4 rings (SSSR count). The highest BCUT2D eigenvalue weighted by molar-refractivity contribution is 5.94. The van der Waals surface area contributed by atoms with Gasteiger partial charge < -0.3 is 14.8 Å². The van der Waals surface area contributed by atoms with Crippen LogP contribution in [0.25, 0.3) is 0 Å². The lowest BCUT2D eigenvalue weighted by Gasteiger charge is -2.19. The zero-order valence-electron chi connectivity index (χ0n) is 16.4. The Labute approximate surface area is 170 Å². The maximum Gasteiger partial charge on any atom is 0.252 e. The molecular weight excluding hydrogens is 364 g/mol. The highest BCUT2D eigenvalue weighted by Gasteiger charge is 2.22. The van der Waals surface area contributed by atoms with Crippen LogP contribution in [0, 0.1) is 0 Å². The molecule has 2 aromatic carbocycles. The second-order valence-electron chi connectivity index (χ2n) is 7.33. The normalized spacial score (nSPS) is 14.8. The van der Waals surface area contributed by atoms with E-state index in [1.807, 2.05) is 77.3 Å². The summed E-state index contributed by atoms with van der Waals surface area (Å²) < 4.78 is 1.91. The van der Waals surface area contributed by atoms with E-state index in [-0.39, 0.29) is 17.9 Å². The van der Waals surface area contributed by atoms with Gasteiger partial charge in [0.25, 0.3) is 5.91 Å². The van der Waals surface area contributed by atoms with Crippen molar-refractivity contribution in [2.45, 2.75) is 25.4 Å². The lowest BCUT2D eigenvalue weighted by molar-refractivity contribution is -0.128. The number of likely N-dealkylation sites (tertiary alicyclic amines) is 1. The molecule has 1 aromatic heterocycles. The summed E-state index contributed by atoms with van der Waals surface area (Å²) in [5, 5.41) is 3.11. The number of imidazole rings is 1. The fourth-order valence-electron chi connectivity index (χ4n) is 3.67. The van der Waals surface area contributed by atoms with Crippen LogP contribution in [0.15, 0.2) is 67.0 Å². The second-order valence-corrected chi connectivity index (χ2v) is 7.33. The Hall–Kier alpha value is -3.41. The van der Waals surface area contributed by atoms with Gasteiger partial charge in [-0.05, 0) is 29.7 Å². The van der Waals surface area contributed by atoms with Gasteiger partial charge in [0.15, 0.2) is 0 Å². The molecule has 0 radical (unpaired) electrons. The molecule has 1 atom stereocenters. The number of aromatic nitrogens is 2. The molecule has 0 unspecified atom stereocenters. The minimum atomic E-state index is -0.342. The first-order chi connectivity index (χ1) is 14.1. The number of nitrogens with one attached hydrogen (secondary N) is 1. The molecule has 0 aliphatic carbocycles. The number of amides is 2. The number of hydrogen-bond acceptors (Lipinski definition) is 3. The molecular formula is C23H24N4O2. The standard InChI is InChI=1S/C23H24N4O2/c1-26-15-13-24-22(26)21(18-6-3-2-4-7-18)25-23(29)19-11-9-17(10-12-19)16-27-14-5-8-20(27)28/h2-4,6-7,9-13,15,21H,5,8,14,16H2,1H3,(H,25,29)/t21-/m0/s1. The predicted molar refractivity (Wildman–Crippen MR) is 110 cm³/mol. The smallest absolute Gasteiger partial charge is 0.252 e. The summed E-state index contributed by atoms with van der Waals surface area (Å²) in [7, 11) is 1.92. The molecule has 6 heteroatoms. The molecule has 29 heavy (non-hydrogen) atoms. The van der Waals surface area contributed by atoms with Crippen molar-refractivity contribution in [3.8, 4) is 0 Å². The number of rotatable bonds is 6. The molecule has 2 amide bonds. The van der Waals surface area contributed by atoms with Crippen LogP contribution in [0.3, 0.4) is 0 Å². The largest absolute Gasteiger partial charge is 0.338 e. The van der Waals surface area contributed by atoms with Crippen LogP contribution < -0.4 is 5.32 Å². The third kappa shape index (κ3) is 4.21. The molecule has 0 bridgehead atoms. The van der Waals surface area contributed by atoms with E-state index in [1.165, 1.54) is 0 Å². The summed E-state index contributed by atoms with van der Waals surface area (Å²) in [5.74, 6) is 0.812. The molecule has 1 aliphatic heterocycles. The van der Waals surface area contributed by atoms with Gasteiger partial charge >= 0.3 is 0 Å².